The summed E-state index contributed by atoms with van der Waals surface area (Å²) >= 11 is 0. The van der Waals surface area contributed by atoms with E-state index in [0.717, 1.165) is 16.9 Å². The Morgan fingerprint density at radius 3 is 2.65 bits per heavy atom. The number of benzene rings is 2. The van der Waals surface area contributed by atoms with Gasteiger partial charge in [-0.25, -0.2) is 0 Å². The van der Waals surface area contributed by atoms with Gasteiger partial charge >= 0.3 is 0 Å². The van der Waals surface area contributed by atoms with Crippen molar-refractivity contribution >= 4 is 11.9 Å². The number of pyridine rings is 1. The second kappa shape index (κ2) is 9.07. The highest BCUT2D eigenvalue weighted by atomic mass is 16.5. The van der Waals surface area contributed by atoms with Crippen LogP contribution in [0.3, 0.4) is 0 Å². The summed E-state index contributed by atoms with van der Waals surface area (Å²) in [5.74, 6) is 2.69. The maximum Gasteiger partial charge on any atom is 0.231 e. The number of allylic oxidation sites excluding steroid dienone is 1. The molecule has 3 aromatic rings. The fourth-order valence-corrected chi connectivity index (χ4v) is 4.23. The molecule has 2 aromatic carbocycles. The molecule has 0 amide bonds. The summed E-state index contributed by atoms with van der Waals surface area (Å²) in [7, 11) is 4.63. The van der Waals surface area contributed by atoms with Crippen LogP contribution < -0.4 is 23.7 Å². The van der Waals surface area contributed by atoms with Gasteiger partial charge in [0.05, 0.1) is 32.5 Å². The molecule has 2 aliphatic heterocycles. The lowest BCUT2D eigenvalue weighted by Crippen LogP contribution is -2.31. The Bertz CT molecular complexity index is 1270. The molecule has 34 heavy (non-hydrogen) atoms. The molecule has 1 aromatic heterocycles. The second-order valence-corrected chi connectivity index (χ2v) is 7.90. The van der Waals surface area contributed by atoms with Crippen molar-refractivity contribution in [2.45, 2.75) is 13.1 Å². The lowest BCUT2D eigenvalue weighted by Gasteiger charge is -2.29. The van der Waals surface area contributed by atoms with Crippen molar-refractivity contribution in [3.05, 3.63) is 76.8 Å². The average molecular weight is 460 g/mol. The van der Waals surface area contributed by atoms with Crippen molar-refractivity contribution in [3.8, 4) is 28.7 Å². The molecule has 8 heteroatoms. The number of ketones is 1. The van der Waals surface area contributed by atoms with Crippen LogP contribution in [0.5, 0.6) is 28.7 Å². The van der Waals surface area contributed by atoms with Crippen molar-refractivity contribution < 1.29 is 28.5 Å². The van der Waals surface area contributed by atoms with E-state index in [4.69, 9.17) is 23.7 Å². The average Bonchev–Trinajstić information content (AvgIpc) is 3.19. The van der Waals surface area contributed by atoms with Gasteiger partial charge in [-0.3, -0.25) is 14.7 Å². The molecule has 0 N–H and O–H groups in total. The number of hydrogen-bond acceptors (Lipinski definition) is 8. The van der Waals surface area contributed by atoms with E-state index in [9.17, 15) is 4.79 Å². The van der Waals surface area contributed by atoms with Gasteiger partial charge in [-0.2, -0.15) is 0 Å². The smallest absolute Gasteiger partial charge is 0.231 e. The van der Waals surface area contributed by atoms with Crippen LogP contribution in [0.4, 0.5) is 0 Å². The molecule has 0 saturated carbocycles. The second-order valence-electron chi connectivity index (χ2n) is 7.90. The number of hydrogen-bond donors (Lipinski definition) is 0. The first kappa shape index (κ1) is 21.8. The van der Waals surface area contributed by atoms with E-state index in [-0.39, 0.29) is 11.5 Å². The number of rotatable bonds is 6. The Hall–Kier alpha value is -4.04. The molecule has 0 unspecified atom stereocenters. The van der Waals surface area contributed by atoms with Crippen LogP contribution in [-0.2, 0) is 13.1 Å². The van der Waals surface area contributed by atoms with Gasteiger partial charge in [0.2, 0.25) is 11.5 Å². The number of carbonyl (C=O) groups is 1. The van der Waals surface area contributed by atoms with Crippen LogP contribution in [0.1, 0.15) is 27.0 Å². The van der Waals surface area contributed by atoms with Crippen LogP contribution >= 0.6 is 0 Å². The van der Waals surface area contributed by atoms with E-state index < -0.39 is 0 Å². The van der Waals surface area contributed by atoms with Gasteiger partial charge in [0.25, 0.3) is 0 Å². The molecular weight excluding hydrogens is 436 g/mol. The van der Waals surface area contributed by atoms with Gasteiger partial charge in [-0.1, -0.05) is 6.07 Å². The van der Waals surface area contributed by atoms with Crippen LogP contribution in [0.15, 0.2) is 54.6 Å². The number of Topliss-reactive ketones (excluding diaryl/α,β-unsaturated/α-hetero) is 1. The zero-order valence-electron chi connectivity index (χ0n) is 19.2. The molecule has 2 aliphatic rings. The number of nitrogens with zero attached hydrogens (tertiary/aromatic N) is 2. The molecule has 0 spiro atoms. The maximum atomic E-state index is 13.2. The van der Waals surface area contributed by atoms with Crippen molar-refractivity contribution in [1.82, 2.24) is 9.88 Å². The van der Waals surface area contributed by atoms with Crippen molar-refractivity contribution in [3.63, 3.8) is 0 Å². The predicted molar refractivity (Wildman–Crippen MR) is 124 cm³/mol. The number of aromatic nitrogens is 1. The minimum Gasteiger partial charge on any atom is -0.493 e. The normalized spacial score (nSPS) is 15.9. The third-order valence-corrected chi connectivity index (χ3v) is 5.83. The summed E-state index contributed by atoms with van der Waals surface area (Å²) in [5.41, 5.74) is 3.08. The molecule has 0 radical (unpaired) electrons. The first-order valence-electron chi connectivity index (χ1n) is 10.8. The molecule has 0 saturated heterocycles. The number of ether oxygens (including phenoxy) is 5. The molecule has 8 nitrogen and oxygen atoms in total. The molecule has 3 heterocycles. The summed E-state index contributed by atoms with van der Waals surface area (Å²) in [6.45, 7) is 1.71. The van der Waals surface area contributed by atoms with Gasteiger partial charge in [-0.05, 0) is 42.0 Å². The highest BCUT2D eigenvalue weighted by Crippen LogP contribution is 2.44. The number of carbonyl (C=O) groups excluding carboxylic acids is 1. The maximum absolute atomic E-state index is 13.2. The predicted octanol–water partition coefficient (Wildman–Crippen LogP) is 4.08. The van der Waals surface area contributed by atoms with Crippen molar-refractivity contribution in [1.29, 1.82) is 0 Å². The highest BCUT2D eigenvalue weighted by Gasteiger charge is 2.34. The summed E-state index contributed by atoms with van der Waals surface area (Å²) in [4.78, 5) is 19.5. The van der Waals surface area contributed by atoms with E-state index in [1.54, 1.807) is 37.6 Å². The third kappa shape index (κ3) is 3.82. The summed E-state index contributed by atoms with van der Waals surface area (Å²) in [5, 5.41) is 0. The summed E-state index contributed by atoms with van der Waals surface area (Å²) in [6.07, 6.45) is 5.24. The first-order valence-corrected chi connectivity index (χ1v) is 10.8. The van der Waals surface area contributed by atoms with Crippen LogP contribution in [0.25, 0.3) is 6.08 Å². The number of methoxy groups -OCH3 is 3. The summed E-state index contributed by atoms with van der Waals surface area (Å²) in [6, 6.07) is 11.1. The topological polar surface area (TPSA) is 79.4 Å². The Labute approximate surface area is 197 Å². The first-order chi connectivity index (χ1) is 16.6. The Morgan fingerprint density at radius 2 is 1.91 bits per heavy atom. The van der Waals surface area contributed by atoms with E-state index in [1.165, 1.54) is 14.2 Å². The number of fused-ring (bicyclic) bond motifs is 3. The molecule has 5 rings (SSSR count). The van der Waals surface area contributed by atoms with Crippen LogP contribution in [0, 0.1) is 0 Å². The standard InChI is InChI=1S/C26H24N2O6/c1-30-21-8-6-17(24(31-2)26(21)32-3)11-22-23(29)18-7-9-20-19(25(18)34-22)14-28(15-33-20)13-16-5-4-10-27-12-16/h4-12H,13-15H2,1-3H3/b22-11-. The SMILES string of the molecule is COc1ccc(/C=C2\Oc3c(ccc4c3CN(Cc3cccnc3)CO4)C2=O)c(OC)c1OC. The molecular formula is C26H24N2O6. The monoisotopic (exact) mass is 460 g/mol. The van der Waals surface area contributed by atoms with E-state index in [2.05, 4.69) is 9.88 Å². The largest absolute Gasteiger partial charge is 0.493 e. The molecule has 0 aliphatic carbocycles. The fraction of sp³-hybridized carbons (Fsp3) is 0.231. The van der Waals surface area contributed by atoms with E-state index in [1.807, 2.05) is 24.4 Å². The van der Waals surface area contributed by atoms with Gasteiger partial charge < -0.3 is 23.7 Å². The lowest BCUT2D eigenvalue weighted by molar-refractivity contribution is 0.0872. The molecule has 0 fully saturated rings. The van der Waals surface area contributed by atoms with Gasteiger partial charge in [-0.15, -0.1) is 0 Å². The van der Waals surface area contributed by atoms with Crippen LogP contribution in [-0.4, -0.2) is 43.7 Å². The van der Waals surface area contributed by atoms with Gasteiger partial charge in [0.15, 0.2) is 17.3 Å². The summed E-state index contributed by atoms with van der Waals surface area (Å²) < 4.78 is 28.4. The van der Waals surface area contributed by atoms with E-state index in [0.29, 0.717) is 53.9 Å². The van der Waals surface area contributed by atoms with Crippen molar-refractivity contribution in [2.75, 3.05) is 28.1 Å². The minimum atomic E-state index is -0.195. The Kier molecular flexibility index (Phi) is 5.81. The highest BCUT2D eigenvalue weighted by molar-refractivity contribution is 6.15. The van der Waals surface area contributed by atoms with Crippen molar-refractivity contribution in [2.24, 2.45) is 0 Å². The quantitative estimate of drug-likeness (QED) is 0.510. The third-order valence-electron chi connectivity index (χ3n) is 5.83. The zero-order valence-corrected chi connectivity index (χ0v) is 19.2. The van der Waals surface area contributed by atoms with Crippen LogP contribution in [0.2, 0.25) is 0 Å². The van der Waals surface area contributed by atoms with Gasteiger partial charge in [0.1, 0.15) is 18.2 Å². The Morgan fingerprint density at radius 1 is 1.06 bits per heavy atom. The molecule has 0 atom stereocenters. The minimum absolute atomic E-state index is 0.195. The molecule has 174 valence electrons. The van der Waals surface area contributed by atoms with Gasteiger partial charge in [0, 0.05) is 31.0 Å². The zero-order chi connectivity index (χ0) is 23.7. The Balaban J connectivity index is 1.46. The lowest BCUT2D eigenvalue weighted by atomic mass is 10.0. The molecule has 0 bridgehead atoms. The fourth-order valence-electron chi connectivity index (χ4n) is 4.23. The van der Waals surface area contributed by atoms with E-state index >= 15 is 0 Å².